The zero-order valence-electron chi connectivity index (χ0n) is 16.8. The number of halogens is 1. The Kier molecular flexibility index (Phi) is 4.35. The molecule has 1 saturated carbocycles. The SMILES string of the molecule is Cc1ccc(NC(=O)c2cc(C3CC3)nc3c2c(C)nn3-c2ccccc2)cc1F. The van der Waals surface area contributed by atoms with Crippen molar-refractivity contribution in [3.05, 3.63) is 82.9 Å². The molecule has 2 aromatic carbocycles. The van der Waals surface area contributed by atoms with Gasteiger partial charge in [0, 0.05) is 17.3 Å². The summed E-state index contributed by atoms with van der Waals surface area (Å²) in [6.07, 6.45) is 2.14. The number of hydrogen-bond acceptors (Lipinski definition) is 3. The molecule has 150 valence electrons. The van der Waals surface area contributed by atoms with Gasteiger partial charge < -0.3 is 5.32 Å². The first-order valence-electron chi connectivity index (χ1n) is 10.0. The average molecular weight is 400 g/mol. The van der Waals surface area contributed by atoms with E-state index in [1.807, 2.05) is 43.3 Å². The first kappa shape index (κ1) is 18.5. The summed E-state index contributed by atoms with van der Waals surface area (Å²) in [5.74, 6) is -0.264. The quantitative estimate of drug-likeness (QED) is 0.505. The van der Waals surface area contributed by atoms with Crippen molar-refractivity contribution in [1.29, 1.82) is 0 Å². The van der Waals surface area contributed by atoms with Gasteiger partial charge in [-0.05, 0) is 62.6 Å². The predicted molar refractivity (Wildman–Crippen MR) is 115 cm³/mol. The van der Waals surface area contributed by atoms with E-state index in [-0.39, 0.29) is 11.7 Å². The summed E-state index contributed by atoms with van der Waals surface area (Å²) in [5, 5.41) is 8.22. The largest absolute Gasteiger partial charge is 0.322 e. The third-order valence-electron chi connectivity index (χ3n) is 5.50. The van der Waals surface area contributed by atoms with E-state index in [2.05, 4.69) is 10.4 Å². The Balaban J connectivity index is 1.64. The van der Waals surface area contributed by atoms with Gasteiger partial charge in [-0.3, -0.25) is 4.79 Å². The number of benzene rings is 2. The predicted octanol–water partition coefficient (Wildman–Crippen LogP) is 5.31. The number of amides is 1. The van der Waals surface area contributed by atoms with E-state index in [9.17, 15) is 9.18 Å². The maximum absolute atomic E-state index is 13.9. The number of aryl methyl sites for hydroxylation is 2. The van der Waals surface area contributed by atoms with Crippen LogP contribution in [-0.2, 0) is 0 Å². The van der Waals surface area contributed by atoms with Crippen molar-refractivity contribution in [2.45, 2.75) is 32.6 Å². The lowest BCUT2D eigenvalue weighted by Crippen LogP contribution is -2.14. The molecule has 1 N–H and O–H groups in total. The van der Waals surface area contributed by atoms with Gasteiger partial charge in [-0.15, -0.1) is 0 Å². The van der Waals surface area contributed by atoms with Crippen LogP contribution in [0.1, 0.15) is 46.1 Å². The Morgan fingerprint density at radius 2 is 1.87 bits per heavy atom. The lowest BCUT2D eigenvalue weighted by atomic mass is 10.1. The molecule has 0 aliphatic heterocycles. The molecule has 2 aromatic heterocycles. The minimum absolute atomic E-state index is 0.289. The van der Waals surface area contributed by atoms with Gasteiger partial charge in [0.25, 0.3) is 5.91 Å². The second-order valence-electron chi connectivity index (χ2n) is 7.82. The molecule has 2 heterocycles. The van der Waals surface area contributed by atoms with Crippen LogP contribution in [0.4, 0.5) is 10.1 Å². The molecule has 30 heavy (non-hydrogen) atoms. The van der Waals surface area contributed by atoms with E-state index in [0.717, 1.165) is 29.9 Å². The number of para-hydroxylation sites is 1. The van der Waals surface area contributed by atoms with Gasteiger partial charge in [0.05, 0.1) is 22.3 Å². The molecule has 1 aliphatic carbocycles. The van der Waals surface area contributed by atoms with Gasteiger partial charge in [-0.1, -0.05) is 24.3 Å². The average Bonchev–Trinajstić information content (AvgIpc) is 3.55. The summed E-state index contributed by atoms with van der Waals surface area (Å²) < 4.78 is 15.7. The second kappa shape index (κ2) is 7.06. The van der Waals surface area contributed by atoms with Crippen LogP contribution in [-0.4, -0.2) is 20.7 Å². The number of carbonyl (C=O) groups is 1. The lowest BCUT2D eigenvalue weighted by Gasteiger charge is -2.10. The zero-order chi connectivity index (χ0) is 20.8. The summed E-state index contributed by atoms with van der Waals surface area (Å²) in [6.45, 7) is 3.57. The molecule has 0 spiro atoms. The van der Waals surface area contributed by atoms with Crippen molar-refractivity contribution in [2.75, 3.05) is 5.32 Å². The van der Waals surface area contributed by atoms with Gasteiger partial charge in [0.15, 0.2) is 5.65 Å². The van der Waals surface area contributed by atoms with E-state index in [1.54, 1.807) is 23.7 Å². The summed E-state index contributed by atoms with van der Waals surface area (Å²) >= 11 is 0. The Hall–Kier alpha value is -3.54. The number of anilines is 1. The third kappa shape index (κ3) is 3.24. The van der Waals surface area contributed by atoms with E-state index in [1.165, 1.54) is 6.07 Å². The van der Waals surface area contributed by atoms with Crippen molar-refractivity contribution in [3.63, 3.8) is 0 Å². The fourth-order valence-corrected chi connectivity index (χ4v) is 3.69. The molecule has 0 atom stereocenters. The van der Waals surface area contributed by atoms with Gasteiger partial charge in [0.1, 0.15) is 5.82 Å². The van der Waals surface area contributed by atoms with Crippen molar-refractivity contribution in [1.82, 2.24) is 14.8 Å². The van der Waals surface area contributed by atoms with Crippen LogP contribution in [0.3, 0.4) is 0 Å². The minimum atomic E-state index is -0.348. The van der Waals surface area contributed by atoms with E-state index in [0.29, 0.717) is 33.8 Å². The molecule has 0 radical (unpaired) electrons. The zero-order valence-corrected chi connectivity index (χ0v) is 16.8. The lowest BCUT2D eigenvalue weighted by molar-refractivity contribution is 0.102. The van der Waals surface area contributed by atoms with Crippen molar-refractivity contribution in [2.24, 2.45) is 0 Å². The van der Waals surface area contributed by atoms with E-state index in [4.69, 9.17) is 4.98 Å². The molecule has 0 unspecified atom stereocenters. The van der Waals surface area contributed by atoms with E-state index >= 15 is 0 Å². The summed E-state index contributed by atoms with van der Waals surface area (Å²) in [6, 6.07) is 16.3. The fourth-order valence-electron chi connectivity index (χ4n) is 3.69. The highest BCUT2D eigenvalue weighted by Gasteiger charge is 2.29. The number of nitrogens with zero attached hydrogens (tertiary/aromatic N) is 3. The maximum Gasteiger partial charge on any atom is 0.256 e. The number of rotatable bonds is 4. The monoisotopic (exact) mass is 400 g/mol. The number of fused-ring (bicyclic) bond motifs is 1. The van der Waals surface area contributed by atoms with Crippen LogP contribution in [0, 0.1) is 19.7 Å². The van der Waals surface area contributed by atoms with Crippen molar-refractivity contribution in [3.8, 4) is 5.69 Å². The smallest absolute Gasteiger partial charge is 0.256 e. The minimum Gasteiger partial charge on any atom is -0.322 e. The number of hydrogen-bond donors (Lipinski definition) is 1. The van der Waals surface area contributed by atoms with E-state index < -0.39 is 0 Å². The van der Waals surface area contributed by atoms with Crippen LogP contribution in [0.2, 0.25) is 0 Å². The Bertz CT molecular complexity index is 1280. The number of pyridine rings is 1. The van der Waals surface area contributed by atoms with Gasteiger partial charge in [0.2, 0.25) is 0 Å². The highest BCUT2D eigenvalue weighted by molar-refractivity contribution is 6.12. The van der Waals surface area contributed by atoms with Crippen LogP contribution >= 0.6 is 0 Å². The fraction of sp³-hybridized carbons (Fsp3) is 0.208. The topological polar surface area (TPSA) is 59.8 Å². The molecule has 1 amide bonds. The Labute approximate surface area is 173 Å². The van der Waals surface area contributed by atoms with Gasteiger partial charge >= 0.3 is 0 Å². The highest BCUT2D eigenvalue weighted by atomic mass is 19.1. The molecule has 1 fully saturated rings. The van der Waals surface area contributed by atoms with Gasteiger partial charge in [-0.2, -0.15) is 5.10 Å². The molecule has 0 bridgehead atoms. The van der Waals surface area contributed by atoms with Gasteiger partial charge in [-0.25, -0.2) is 14.1 Å². The first-order chi connectivity index (χ1) is 14.5. The van der Waals surface area contributed by atoms with Crippen LogP contribution in [0.25, 0.3) is 16.7 Å². The van der Waals surface area contributed by atoms with Crippen molar-refractivity contribution < 1.29 is 9.18 Å². The molecule has 5 nitrogen and oxygen atoms in total. The Morgan fingerprint density at radius 3 is 2.57 bits per heavy atom. The van der Waals surface area contributed by atoms with Crippen molar-refractivity contribution >= 4 is 22.6 Å². The molecule has 4 aromatic rings. The molecular weight excluding hydrogens is 379 g/mol. The number of carbonyl (C=O) groups excluding carboxylic acids is 1. The second-order valence-corrected chi connectivity index (χ2v) is 7.82. The molecular formula is C24H21FN4O. The highest BCUT2D eigenvalue weighted by Crippen LogP contribution is 2.40. The van der Waals surface area contributed by atoms with Crippen LogP contribution < -0.4 is 5.32 Å². The molecule has 6 heteroatoms. The number of aromatic nitrogens is 3. The summed E-state index contributed by atoms with van der Waals surface area (Å²) in [7, 11) is 0. The first-order valence-corrected chi connectivity index (χ1v) is 10.0. The molecule has 5 rings (SSSR count). The van der Waals surface area contributed by atoms with Crippen LogP contribution in [0.15, 0.2) is 54.6 Å². The molecule has 0 saturated heterocycles. The van der Waals surface area contributed by atoms with Crippen LogP contribution in [0.5, 0.6) is 0 Å². The normalized spacial score (nSPS) is 13.6. The summed E-state index contributed by atoms with van der Waals surface area (Å²) in [5.41, 5.74) is 4.67. The number of nitrogens with one attached hydrogen (secondary N) is 1. The third-order valence-corrected chi connectivity index (χ3v) is 5.50. The standard InChI is InChI=1S/C24H21FN4O/c1-14-8-11-17(12-20(14)25)26-24(30)19-13-21(16-9-10-16)27-23-22(19)15(2)28-29(23)18-6-4-3-5-7-18/h3-8,11-13,16H,9-10H2,1-2H3,(H,26,30). The molecule has 1 aliphatic rings. The Morgan fingerprint density at radius 1 is 1.10 bits per heavy atom. The maximum atomic E-state index is 13.9. The summed E-state index contributed by atoms with van der Waals surface area (Å²) in [4.78, 5) is 18.1.